The van der Waals surface area contributed by atoms with E-state index >= 15 is 0 Å². The summed E-state index contributed by atoms with van der Waals surface area (Å²) >= 11 is 4.48. The molecule has 0 saturated heterocycles. The molecule has 8 heteroatoms. The number of benzene rings is 1. The third-order valence-corrected chi connectivity index (χ3v) is 4.48. The fourth-order valence-corrected chi connectivity index (χ4v) is 2.91. The van der Waals surface area contributed by atoms with E-state index in [4.69, 9.17) is 4.42 Å². The van der Waals surface area contributed by atoms with Crippen LogP contribution in [0.25, 0.3) is 0 Å². The molecule has 2 rings (SSSR count). The summed E-state index contributed by atoms with van der Waals surface area (Å²) in [4.78, 5) is 13.0. The van der Waals surface area contributed by atoms with Crippen molar-refractivity contribution >= 4 is 46.9 Å². The molecule has 0 unspecified atom stereocenters. The highest BCUT2D eigenvalue weighted by Gasteiger charge is 2.09. The molecule has 1 heterocycles. The normalized spacial score (nSPS) is 10.6. The molecule has 0 aliphatic carbocycles. The Morgan fingerprint density at radius 3 is 2.95 bits per heavy atom. The summed E-state index contributed by atoms with van der Waals surface area (Å²) in [6.45, 7) is 0. The number of carbonyl (C=O) groups excluding carboxylic acids is 1. The highest BCUT2D eigenvalue weighted by molar-refractivity contribution is 7.99. The molecule has 0 spiro atoms. The Labute approximate surface area is 136 Å². The van der Waals surface area contributed by atoms with Gasteiger partial charge in [0.05, 0.1) is 11.5 Å². The second kappa shape index (κ2) is 8.35. The van der Waals surface area contributed by atoms with Crippen LogP contribution in [0.3, 0.4) is 0 Å². The van der Waals surface area contributed by atoms with Gasteiger partial charge in [-0.1, -0.05) is 17.8 Å². The summed E-state index contributed by atoms with van der Waals surface area (Å²) in [5, 5.41) is 11.1. The van der Waals surface area contributed by atoms with E-state index in [0.717, 1.165) is 10.6 Å². The molecule has 0 radical (unpaired) electrons. The molecule has 0 aliphatic rings. The number of nitrogens with one attached hydrogen (secondary N) is 1. The molecule has 0 atom stereocenters. The van der Waals surface area contributed by atoms with Gasteiger partial charge in [-0.3, -0.25) is 4.79 Å². The average molecular weight is 341 g/mol. The van der Waals surface area contributed by atoms with Crippen LogP contribution < -0.4 is 5.32 Å². The lowest BCUT2D eigenvalue weighted by molar-refractivity contribution is -0.113. The van der Waals surface area contributed by atoms with Gasteiger partial charge in [0, 0.05) is 10.6 Å². The highest BCUT2D eigenvalue weighted by atomic mass is 32.2. The number of anilines is 1. The molecule has 0 saturated carbocycles. The van der Waals surface area contributed by atoms with Gasteiger partial charge < -0.3 is 9.73 Å². The fraction of sp³-hybridized carbons (Fsp3) is 0.308. The average Bonchev–Trinajstić information content (AvgIpc) is 2.93. The number of carbonyl (C=O) groups is 1. The molecule has 2 aromatic rings. The van der Waals surface area contributed by atoms with Gasteiger partial charge in [0.25, 0.3) is 5.22 Å². The number of hydrogen-bond donors (Lipinski definition) is 1. The fourth-order valence-electron chi connectivity index (χ4n) is 1.50. The van der Waals surface area contributed by atoms with E-state index in [-0.39, 0.29) is 11.7 Å². The number of rotatable bonds is 7. The third-order valence-electron chi connectivity index (χ3n) is 2.40. The molecule has 1 N–H and O–H groups in total. The van der Waals surface area contributed by atoms with E-state index in [9.17, 15) is 4.79 Å². The van der Waals surface area contributed by atoms with Gasteiger partial charge in [0.1, 0.15) is 0 Å². The first-order chi connectivity index (χ1) is 10.2. The Kier molecular flexibility index (Phi) is 6.47. The first-order valence-electron chi connectivity index (χ1n) is 6.09. The van der Waals surface area contributed by atoms with Gasteiger partial charge in [-0.15, -0.1) is 22.0 Å². The van der Waals surface area contributed by atoms with Crippen LogP contribution in [0.4, 0.5) is 5.69 Å². The maximum Gasteiger partial charge on any atom is 0.277 e. The summed E-state index contributed by atoms with van der Waals surface area (Å²) in [6.07, 6.45) is 3.96. The van der Waals surface area contributed by atoms with Crippen LogP contribution >= 0.6 is 35.3 Å². The zero-order valence-electron chi connectivity index (χ0n) is 11.7. The quantitative estimate of drug-likeness (QED) is 0.774. The largest absolute Gasteiger partial charge is 0.415 e. The van der Waals surface area contributed by atoms with Crippen LogP contribution in [-0.4, -0.2) is 34.4 Å². The first kappa shape index (κ1) is 16.3. The van der Waals surface area contributed by atoms with Crippen LogP contribution in [0.15, 0.2) is 38.8 Å². The van der Waals surface area contributed by atoms with Crippen LogP contribution in [0, 0.1) is 0 Å². The van der Waals surface area contributed by atoms with Crippen molar-refractivity contribution < 1.29 is 9.21 Å². The summed E-state index contributed by atoms with van der Waals surface area (Å²) < 4.78 is 5.40. The SMILES string of the molecule is CSCc1nnc(SCC(=O)Nc2cccc(SC)c2)o1. The van der Waals surface area contributed by atoms with E-state index in [1.54, 1.807) is 23.5 Å². The predicted octanol–water partition coefficient (Wildman–Crippen LogP) is 3.39. The lowest BCUT2D eigenvalue weighted by Crippen LogP contribution is -2.13. The monoisotopic (exact) mass is 341 g/mol. The minimum Gasteiger partial charge on any atom is -0.415 e. The Morgan fingerprint density at radius 2 is 2.19 bits per heavy atom. The Hall–Kier alpha value is -1.12. The lowest BCUT2D eigenvalue weighted by atomic mass is 10.3. The van der Waals surface area contributed by atoms with Crippen LogP contribution in [-0.2, 0) is 10.5 Å². The van der Waals surface area contributed by atoms with Gasteiger partial charge in [-0.25, -0.2) is 0 Å². The minimum atomic E-state index is -0.0946. The van der Waals surface area contributed by atoms with E-state index < -0.39 is 0 Å². The number of nitrogens with zero attached hydrogens (tertiary/aromatic N) is 2. The summed E-state index contributed by atoms with van der Waals surface area (Å²) in [5.41, 5.74) is 0.793. The molecule has 0 bridgehead atoms. The number of thioether (sulfide) groups is 3. The van der Waals surface area contributed by atoms with Crippen molar-refractivity contribution in [2.24, 2.45) is 0 Å². The molecule has 5 nitrogen and oxygen atoms in total. The molecule has 0 fully saturated rings. The van der Waals surface area contributed by atoms with Crippen molar-refractivity contribution in [3.63, 3.8) is 0 Å². The Balaban J connectivity index is 1.83. The maximum atomic E-state index is 11.9. The van der Waals surface area contributed by atoms with Gasteiger partial charge in [0.2, 0.25) is 11.8 Å². The molecule has 1 amide bonds. The van der Waals surface area contributed by atoms with Crippen molar-refractivity contribution in [3.05, 3.63) is 30.2 Å². The predicted molar refractivity (Wildman–Crippen MR) is 89.1 cm³/mol. The molecule has 1 aromatic heterocycles. The molecule has 112 valence electrons. The van der Waals surface area contributed by atoms with Crippen LogP contribution in [0.5, 0.6) is 0 Å². The van der Waals surface area contributed by atoms with E-state index in [0.29, 0.717) is 16.9 Å². The van der Waals surface area contributed by atoms with Gasteiger partial charge in [-0.2, -0.15) is 11.8 Å². The van der Waals surface area contributed by atoms with Crippen molar-refractivity contribution in [1.82, 2.24) is 10.2 Å². The Bertz CT molecular complexity index is 604. The van der Waals surface area contributed by atoms with Gasteiger partial charge in [0.15, 0.2) is 0 Å². The zero-order valence-corrected chi connectivity index (χ0v) is 14.1. The van der Waals surface area contributed by atoms with Crippen molar-refractivity contribution in [1.29, 1.82) is 0 Å². The summed E-state index contributed by atoms with van der Waals surface area (Å²) in [5.74, 6) is 1.41. The van der Waals surface area contributed by atoms with E-state index in [1.807, 2.05) is 36.8 Å². The second-order valence-corrected chi connectivity index (χ2v) is 6.64. The minimum absolute atomic E-state index is 0.0946. The number of hydrogen-bond acceptors (Lipinski definition) is 7. The van der Waals surface area contributed by atoms with E-state index in [1.165, 1.54) is 11.8 Å². The van der Waals surface area contributed by atoms with Gasteiger partial charge in [-0.05, 0) is 30.7 Å². The van der Waals surface area contributed by atoms with Crippen molar-refractivity contribution in [2.45, 2.75) is 15.9 Å². The smallest absolute Gasteiger partial charge is 0.277 e. The van der Waals surface area contributed by atoms with E-state index in [2.05, 4.69) is 15.5 Å². The topological polar surface area (TPSA) is 68.0 Å². The first-order valence-corrected chi connectivity index (χ1v) is 9.69. The molecule has 1 aromatic carbocycles. The number of aromatic nitrogens is 2. The van der Waals surface area contributed by atoms with Crippen LogP contribution in [0.1, 0.15) is 5.89 Å². The Morgan fingerprint density at radius 1 is 1.33 bits per heavy atom. The van der Waals surface area contributed by atoms with Gasteiger partial charge >= 0.3 is 0 Å². The van der Waals surface area contributed by atoms with Crippen molar-refractivity contribution in [2.75, 3.05) is 23.6 Å². The lowest BCUT2D eigenvalue weighted by Gasteiger charge is -2.05. The molecule has 0 aliphatic heterocycles. The molecular formula is C13H15N3O2S3. The molecule has 21 heavy (non-hydrogen) atoms. The number of amides is 1. The van der Waals surface area contributed by atoms with Crippen molar-refractivity contribution in [3.8, 4) is 0 Å². The second-order valence-electron chi connectivity index (χ2n) is 3.96. The highest BCUT2D eigenvalue weighted by Crippen LogP contribution is 2.21. The third kappa shape index (κ3) is 5.29. The molecular weight excluding hydrogens is 326 g/mol. The summed E-state index contributed by atoms with van der Waals surface area (Å²) in [6, 6.07) is 7.73. The maximum absolute atomic E-state index is 11.9. The summed E-state index contributed by atoms with van der Waals surface area (Å²) in [7, 11) is 0. The standard InChI is InChI=1S/C13H15N3O2S3/c1-19-8-12-15-16-13(18-12)21-7-11(17)14-9-4-3-5-10(6-9)20-2/h3-6H,7-8H2,1-2H3,(H,14,17). The zero-order chi connectivity index (χ0) is 15.1. The van der Waals surface area contributed by atoms with Crippen LogP contribution in [0.2, 0.25) is 0 Å².